The molecule has 1 fully saturated rings. The van der Waals surface area contributed by atoms with Gasteiger partial charge in [-0.2, -0.15) is 0 Å². The van der Waals surface area contributed by atoms with E-state index in [2.05, 4.69) is 10.3 Å². The van der Waals surface area contributed by atoms with E-state index in [4.69, 9.17) is 4.74 Å². The predicted octanol–water partition coefficient (Wildman–Crippen LogP) is 0.478. The number of nitrogens with zero attached hydrogens (tertiary/aromatic N) is 2. The Kier molecular flexibility index (Phi) is 4.09. The molecule has 94 valence electrons. The number of rotatable bonds is 3. The average molecular weight is 255 g/mol. The third-order valence-electron chi connectivity index (χ3n) is 2.81. The summed E-state index contributed by atoms with van der Waals surface area (Å²) in [6.07, 6.45) is 1.68. The van der Waals surface area contributed by atoms with Crippen LogP contribution in [-0.2, 0) is 16.1 Å². The van der Waals surface area contributed by atoms with Crippen molar-refractivity contribution < 1.29 is 9.53 Å². The van der Waals surface area contributed by atoms with Gasteiger partial charge in [-0.25, -0.2) is 4.98 Å². The first kappa shape index (κ1) is 12.5. The van der Waals surface area contributed by atoms with Crippen LogP contribution in [0, 0.1) is 0 Å². The summed E-state index contributed by atoms with van der Waals surface area (Å²) in [5.74, 6) is 0.0624. The molecule has 1 aromatic rings. The van der Waals surface area contributed by atoms with Crippen LogP contribution in [0.1, 0.15) is 11.9 Å². The van der Waals surface area contributed by atoms with Crippen LogP contribution in [0.5, 0.6) is 0 Å². The molecule has 2 atom stereocenters. The van der Waals surface area contributed by atoms with Gasteiger partial charge < -0.3 is 15.0 Å². The lowest BCUT2D eigenvalue weighted by Gasteiger charge is -2.32. The number of carbonyl (C=O) groups excluding carboxylic acids is 1. The number of carbonyl (C=O) groups is 1. The molecule has 1 aliphatic heterocycles. The van der Waals surface area contributed by atoms with Gasteiger partial charge in [0, 0.05) is 25.2 Å². The van der Waals surface area contributed by atoms with Crippen molar-refractivity contribution in [3.8, 4) is 0 Å². The molecule has 0 radical (unpaired) electrons. The summed E-state index contributed by atoms with van der Waals surface area (Å²) in [6, 6.07) is -0.242. The summed E-state index contributed by atoms with van der Waals surface area (Å²) in [7, 11) is 1.80. The number of likely N-dealkylation sites (N-methyl/N-ethyl adjacent to an activating group) is 1. The van der Waals surface area contributed by atoms with Crippen LogP contribution in [0.3, 0.4) is 0 Å². The second-order valence-corrected chi connectivity index (χ2v) is 5.11. The van der Waals surface area contributed by atoms with E-state index in [0.29, 0.717) is 13.2 Å². The Balaban J connectivity index is 1.94. The van der Waals surface area contributed by atoms with Crippen molar-refractivity contribution in [2.45, 2.75) is 25.6 Å². The molecule has 2 rings (SSSR count). The van der Waals surface area contributed by atoms with Crippen LogP contribution in [0.25, 0.3) is 0 Å². The second kappa shape index (κ2) is 5.57. The van der Waals surface area contributed by atoms with Crippen LogP contribution in [0.15, 0.2) is 11.6 Å². The highest BCUT2D eigenvalue weighted by atomic mass is 32.1. The van der Waals surface area contributed by atoms with Gasteiger partial charge >= 0.3 is 0 Å². The molecule has 0 aliphatic carbocycles. The third kappa shape index (κ3) is 3.02. The fourth-order valence-corrected chi connectivity index (χ4v) is 2.53. The molecule has 6 heteroatoms. The lowest BCUT2D eigenvalue weighted by Crippen LogP contribution is -2.55. The van der Waals surface area contributed by atoms with Crippen LogP contribution in [-0.4, -0.2) is 48.1 Å². The first-order chi connectivity index (χ1) is 8.18. The molecule has 5 nitrogen and oxygen atoms in total. The van der Waals surface area contributed by atoms with Gasteiger partial charge in [-0.05, 0) is 6.92 Å². The zero-order chi connectivity index (χ0) is 12.3. The summed E-state index contributed by atoms with van der Waals surface area (Å²) >= 11 is 1.56. The third-order valence-corrected chi connectivity index (χ3v) is 3.58. The van der Waals surface area contributed by atoms with Crippen LogP contribution in [0.2, 0.25) is 0 Å². The standard InChI is InChI=1S/C11H17N3O2S/c1-8-10(13-3-5-16-8)11(15)14(2)7-9-12-4-6-17-9/h4,6,8,10,13H,3,5,7H2,1-2H3/t8-,10+/m1/s1. The average Bonchev–Trinajstić information content (AvgIpc) is 2.81. The zero-order valence-corrected chi connectivity index (χ0v) is 10.9. The van der Waals surface area contributed by atoms with Crippen LogP contribution < -0.4 is 5.32 Å². The molecular weight excluding hydrogens is 238 g/mol. The number of nitrogens with one attached hydrogen (secondary N) is 1. The molecular formula is C11H17N3O2S. The number of aromatic nitrogens is 1. The maximum Gasteiger partial charge on any atom is 0.242 e. The molecule has 1 N–H and O–H groups in total. The molecule has 17 heavy (non-hydrogen) atoms. The minimum Gasteiger partial charge on any atom is -0.375 e. The Bertz CT molecular complexity index is 369. The molecule has 1 saturated heterocycles. The minimum atomic E-state index is -0.242. The first-order valence-electron chi connectivity index (χ1n) is 5.67. The quantitative estimate of drug-likeness (QED) is 0.853. The SMILES string of the molecule is C[C@H]1OCCN[C@@H]1C(=O)N(C)Cc1nccs1. The van der Waals surface area contributed by atoms with Gasteiger partial charge in [0.1, 0.15) is 11.0 Å². The maximum absolute atomic E-state index is 12.2. The maximum atomic E-state index is 12.2. The number of amides is 1. The Morgan fingerprint density at radius 3 is 3.24 bits per heavy atom. The monoisotopic (exact) mass is 255 g/mol. The van der Waals surface area contributed by atoms with Gasteiger partial charge in [-0.1, -0.05) is 0 Å². The minimum absolute atomic E-state index is 0.0624. The van der Waals surface area contributed by atoms with Gasteiger partial charge in [0.15, 0.2) is 0 Å². The van der Waals surface area contributed by atoms with Crippen molar-refractivity contribution in [3.05, 3.63) is 16.6 Å². The number of ether oxygens (including phenoxy) is 1. The molecule has 0 saturated carbocycles. The normalized spacial score (nSPS) is 24.6. The van der Waals surface area contributed by atoms with E-state index in [1.165, 1.54) is 0 Å². The fraction of sp³-hybridized carbons (Fsp3) is 0.636. The Labute approximate surface area is 105 Å². The van der Waals surface area contributed by atoms with Crippen molar-refractivity contribution in [2.75, 3.05) is 20.2 Å². The highest BCUT2D eigenvalue weighted by molar-refractivity contribution is 7.09. The lowest BCUT2D eigenvalue weighted by molar-refractivity contribution is -0.138. The lowest BCUT2D eigenvalue weighted by atomic mass is 10.1. The summed E-state index contributed by atoms with van der Waals surface area (Å²) in [5.41, 5.74) is 0. The highest BCUT2D eigenvalue weighted by Crippen LogP contribution is 2.11. The molecule has 0 unspecified atom stereocenters. The van der Waals surface area contributed by atoms with Crippen molar-refractivity contribution in [1.82, 2.24) is 15.2 Å². The molecule has 1 aromatic heterocycles. The fourth-order valence-electron chi connectivity index (χ4n) is 1.86. The van der Waals surface area contributed by atoms with Gasteiger partial charge in [0.05, 0.1) is 19.3 Å². The Morgan fingerprint density at radius 2 is 2.59 bits per heavy atom. The van der Waals surface area contributed by atoms with Crippen molar-refractivity contribution in [1.29, 1.82) is 0 Å². The highest BCUT2D eigenvalue weighted by Gasteiger charge is 2.30. The van der Waals surface area contributed by atoms with Gasteiger partial charge in [-0.3, -0.25) is 4.79 Å². The molecule has 1 aliphatic rings. The first-order valence-corrected chi connectivity index (χ1v) is 6.55. The summed E-state index contributed by atoms with van der Waals surface area (Å²) in [4.78, 5) is 18.1. The smallest absolute Gasteiger partial charge is 0.242 e. The van der Waals surface area contributed by atoms with Crippen molar-refractivity contribution >= 4 is 17.2 Å². The van der Waals surface area contributed by atoms with E-state index in [-0.39, 0.29) is 18.1 Å². The van der Waals surface area contributed by atoms with E-state index in [9.17, 15) is 4.79 Å². The van der Waals surface area contributed by atoms with Crippen molar-refractivity contribution in [2.24, 2.45) is 0 Å². The second-order valence-electron chi connectivity index (χ2n) is 4.13. The predicted molar refractivity (Wildman–Crippen MR) is 65.8 cm³/mol. The largest absolute Gasteiger partial charge is 0.375 e. The van der Waals surface area contributed by atoms with E-state index in [0.717, 1.165) is 11.6 Å². The van der Waals surface area contributed by atoms with E-state index < -0.39 is 0 Å². The molecule has 2 heterocycles. The van der Waals surface area contributed by atoms with Crippen LogP contribution in [0.4, 0.5) is 0 Å². The summed E-state index contributed by atoms with van der Waals surface area (Å²) < 4.78 is 5.47. The molecule has 0 bridgehead atoms. The van der Waals surface area contributed by atoms with Gasteiger partial charge in [0.25, 0.3) is 0 Å². The van der Waals surface area contributed by atoms with Gasteiger partial charge in [-0.15, -0.1) is 11.3 Å². The molecule has 0 aromatic carbocycles. The van der Waals surface area contributed by atoms with E-state index >= 15 is 0 Å². The summed E-state index contributed by atoms with van der Waals surface area (Å²) in [5, 5.41) is 6.06. The number of thiazole rings is 1. The van der Waals surface area contributed by atoms with E-state index in [1.807, 2.05) is 12.3 Å². The topological polar surface area (TPSA) is 54.5 Å². The molecule has 0 spiro atoms. The summed E-state index contributed by atoms with van der Waals surface area (Å²) in [6.45, 7) is 3.88. The molecule has 1 amide bonds. The zero-order valence-electron chi connectivity index (χ0n) is 10.0. The van der Waals surface area contributed by atoms with Gasteiger partial charge in [0.2, 0.25) is 5.91 Å². The number of hydrogen-bond donors (Lipinski definition) is 1. The Morgan fingerprint density at radius 1 is 1.76 bits per heavy atom. The van der Waals surface area contributed by atoms with Crippen LogP contribution >= 0.6 is 11.3 Å². The Hall–Kier alpha value is -0.980. The number of morpholine rings is 1. The van der Waals surface area contributed by atoms with E-state index in [1.54, 1.807) is 29.5 Å². The van der Waals surface area contributed by atoms with Crippen molar-refractivity contribution in [3.63, 3.8) is 0 Å². The number of hydrogen-bond acceptors (Lipinski definition) is 5.